The van der Waals surface area contributed by atoms with Gasteiger partial charge in [0, 0.05) is 17.6 Å². The molecule has 2 aromatic carbocycles. The van der Waals surface area contributed by atoms with Crippen LogP contribution in [0.5, 0.6) is 0 Å². The molecule has 6 heteroatoms. The van der Waals surface area contributed by atoms with Gasteiger partial charge in [-0.15, -0.1) is 10.2 Å². The minimum absolute atomic E-state index is 0.117. The maximum atomic E-state index is 9.98. The lowest BCUT2D eigenvalue weighted by atomic mass is 9.96. The Hall–Kier alpha value is -2.57. The Labute approximate surface area is 139 Å². The number of H-pyrrole nitrogens is 1. The molecule has 3 N–H and O–H groups in total. The van der Waals surface area contributed by atoms with Crippen molar-refractivity contribution in [3.05, 3.63) is 65.2 Å². The van der Waals surface area contributed by atoms with E-state index in [-0.39, 0.29) is 12.1 Å². The van der Waals surface area contributed by atoms with Gasteiger partial charge >= 0.3 is 0 Å². The number of fused-ring (bicyclic) bond motifs is 1. The Bertz CT molecular complexity index is 806. The van der Waals surface area contributed by atoms with Gasteiger partial charge in [0.15, 0.2) is 0 Å². The number of rotatable bonds is 5. The maximum absolute atomic E-state index is 9.98. The lowest BCUT2D eigenvalue weighted by Crippen LogP contribution is -2.49. The van der Waals surface area contributed by atoms with Gasteiger partial charge in [0.1, 0.15) is 0 Å². The molecule has 3 aromatic rings. The van der Waals surface area contributed by atoms with Crippen LogP contribution in [0.2, 0.25) is 0 Å². The van der Waals surface area contributed by atoms with E-state index < -0.39 is 0 Å². The molecule has 0 saturated heterocycles. The summed E-state index contributed by atoms with van der Waals surface area (Å²) in [5.74, 6) is 0.585. The van der Waals surface area contributed by atoms with E-state index in [2.05, 4.69) is 56.3 Å². The van der Waals surface area contributed by atoms with Crippen molar-refractivity contribution in [3.8, 4) is 11.4 Å². The van der Waals surface area contributed by atoms with Crippen LogP contribution < -0.4 is 5.32 Å². The van der Waals surface area contributed by atoms with E-state index in [9.17, 15) is 5.11 Å². The molecule has 0 saturated carbocycles. The van der Waals surface area contributed by atoms with Crippen molar-refractivity contribution in [2.24, 2.45) is 0 Å². The first-order valence-corrected chi connectivity index (χ1v) is 8.03. The lowest BCUT2D eigenvalue weighted by molar-refractivity contribution is 0.166. The van der Waals surface area contributed by atoms with Gasteiger partial charge in [-0.25, -0.2) is 0 Å². The predicted octanol–water partition coefficient (Wildman–Crippen LogP) is 1.49. The van der Waals surface area contributed by atoms with Gasteiger partial charge in [-0.1, -0.05) is 42.5 Å². The normalized spacial score (nSPS) is 15.4. The van der Waals surface area contributed by atoms with E-state index in [1.807, 2.05) is 18.2 Å². The van der Waals surface area contributed by atoms with Gasteiger partial charge in [0.05, 0.1) is 6.61 Å². The molecule has 0 aliphatic heterocycles. The molecule has 0 fully saturated rings. The number of nitrogens with zero attached hydrogens (tertiary/aromatic N) is 3. The van der Waals surface area contributed by atoms with E-state index in [1.165, 1.54) is 11.1 Å². The van der Waals surface area contributed by atoms with E-state index in [4.69, 9.17) is 0 Å². The zero-order valence-electron chi connectivity index (χ0n) is 13.2. The highest BCUT2D eigenvalue weighted by Gasteiger charge is 2.35. The third-order valence-corrected chi connectivity index (χ3v) is 4.68. The van der Waals surface area contributed by atoms with Crippen LogP contribution in [0, 0.1) is 0 Å². The third-order valence-electron chi connectivity index (χ3n) is 4.68. The quantitative estimate of drug-likeness (QED) is 0.663. The van der Waals surface area contributed by atoms with Crippen LogP contribution in [0.3, 0.4) is 0 Å². The van der Waals surface area contributed by atoms with Gasteiger partial charge in [0.25, 0.3) is 0 Å². The van der Waals surface area contributed by atoms with Crippen molar-refractivity contribution in [1.29, 1.82) is 0 Å². The second-order valence-electron chi connectivity index (χ2n) is 6.35. The second kappa shape index (κ2) is 6.14. The van der Waals surface area contributed by atoms with Crippen molar-refractivity contribution in [1.82, 2.24) is 25.9 Å². The smallest absolute Gasteiger partial charge is 0.204 e. The highest BCUT2D eigenvalue weighted by Crippen LogP contribution is 2.30. The molecule has 0 radical (unpaired) electrons. The average molecular weight is 321 g/mol. The van der Waals surface area contributed by atoms with Crippen molar-refractivity contribution in [2.45, 2.75) is 24.9 Å². The van der Waals surface area contributed by atoms with Gasteiger partial charge in [0.2, 0.25) is 5.82 Å². The van der Waals surface area contributed by atoms with E-state index >= 15 is 0 Å². The van der Waals surface area contributed by atoms with Crippen molar-refractivity contribution < 1.29 is 5.11 Å². The summed E-state index contributed by atoms with van der Waals surface area (Å²) >= 11 is 0. The van der Waals surface area contributed by atoms with Crippen molar-refractivity contribution >= 4 is 0 Å². The average Bonchev–Trinajstić information content (AvgIpc) is 3.28. The molecule has 122 valence electrons. The maximum Gasteiger partial charge on any atom is 0.204 e. The van der Waals surface area contributed by atoms with Gasteiger partial charge in [-0.05, 0) is 40.8 Å². The first kappa shape index (κ1) is 15.0. The Balaban J connectivity index is 1.50. The highest BCUT2D eigenvalue weighted by molar-refractivity contribution is 5.54. The van der Waals surface area contributed by atoms with Crippen LogP contribution in [-0.4, -0.2) is 37.9 Å². The lowest BCUT2D eigenvalue weighted by Gasteiger charge is -2.28. The fourth-order valence-corrected chi connectivity index (χ4v) is 3.38. The van der Waals surface area contributed by atoms with Crippen LogP contribution in [0.25, 0.3) is 11.4 Å². The summed E-state index contributed by atoms with van der Waals surface area (Å²) in [6, 6.07) is 16.5. The Kier molecular flexibility index (Phi) is 3.84. The zero-order valence-corrected chi connectivity index (χ0v) is 13.2. The Morgan fingerprint density at radius 3 is 2.54 bits per heavy atom. The largest absolute Gasteiger partial charge is 0.394 e. The highest BCUT2D eigenvalue weighted by atomic mass is 16.3. The minimum Gasteiger partial charge on any atom is -0.394 e. The fourth-order valence-electron chi connectivity index (χ4n) is 3.38. The van der Waals surface area contributed by atoms with Crippen LogP contribution in [0.15, 0.2) is 48.5 Å². The fraction of sp³-hybridized carbons (Fsp3) is 0.278. The second-order valence-corrected chi connectivity index (χ2v) is 6.35. The first-order chi connectivity index (χ1) is 11.8. The number of aromatic amines is 1. The summed E-state index contributed by atoms with van der Waals surface area (Å²) in [6.45, 7) is 0.798. The van der Waals surface area contributed by atoms with Crippen LogP contribution in [0.1, 0.15) is 16.7 Å². The molecule has 0 bridgehead atoms. The standard InChI is InChI=1S/C18H19N5O/c24-12-18(9-15-5-1-2-6-16(15)10-18)19-11-13-4-3-7-14(8-13)17-20-22-23-21-17/h1-8,19,24H,9-12H2,(H,20,21,22,23). The molecule has 0 unspecified atom stereocenters. The third kappa shape index (κ3) is 2.81. The number of aliphatic hydroxyl groups is 1. The summed E-state index contributed by atoms with van der Waals surface area (Å²) in [5, 5.41) is 27.6. The number of hydrogen-bond donors (Lipinski definition) is 3. The summed E-state index contributed by atoms with van der Waals surface area (Å²) < 4.78 is 0. The van der Waals surface area contributed by atoms with E-state index in [1.54, 1.807) is 0 Å². The number of aliphatic hydroxyl groups excluding tert-OH is 1. The summed E-state index contributed by atoms with van der Waals surface area (Å²) in [6.07, 6.45) is 1.70. The Morgan fingerprint density at radius 1 is 1.08 bits per heavy atom. The molecule has 0 spiro atoms. The molecule has 0 atom stereocenters. The topological polar surface area (TPSA) is 86.7 Å². The molecule has 0 amide bonds. The monoisotopic (exact) mass is 321 g/mol. The van der Waals surface area contributed by atoms with Gasteiger partial charge in [-0.2, -0.15) is 5.21 Å². The first-order valence-electron chi connectivity index (χ1n) is 8.03. The molecule has 1 aromatic heterocycles. The van der Waals surface area contributed by atoms with Crippen LogP contribution in [-0.2, 0) is 19.4 Å². The van der Waals surface area contributed by atoms with Crippen molar-refractivity contribution in [3.63, 3.8) is 0 Å². The number of nitrogens with one attached hydrogen (secondary N) is 2. The number of hydrogen-bond acceptors (Lipinski definition) is 5. The number of aromatic nitrogens is 4. The summed E-state index contributed by atoms with van der Waals surface area (Å²) in [5.41, 5.74) is 4.40. The van der Waals surface area contributed by atoms with Gasteiger partial charge in [-0.3, -0.25) is 0 Å². The van der Waals surface area contributed by atoms with Crippen LogP contribution in [0.4, 0.5) is 0 Å². The molecule has 4 rings (SSSR count). The summed E-state index contributed by atoms with van der Waals surface area (Å²) in [4.78, 5) is 0. The molecule has 1 aliphatic carbocycles. The molecule has 1 heterocycles. The van der Waals surface area contributed by atoms with Gasteiger partial charge < -0.3 is 10.4 Å². The molecule has 6 nitrogen and oxygen atoms in total. The number of benzene rings is 2. The SMILES string of the molecule is OCC1(NCc2cccc(-c3nn[nH]n3)c2)Cc2ccccc2C1. The molecular weight excluding hydrogens is 302 g/mol. The molecule has 24 heavy (non-hydrogen) atoms. The number of tetrazole rings is 1. The minimum atomic E-state index is -0.286. The van der Waals surface area contributed by atoms with E-state index in [0.29, 0.717) is 12.4 Å². The summed E-state index contributed by atoms with van der Waals surface area (Å²) in [7, 11) is 0. The zero-order chi connectivity index (χ0) is 16.4. The predicted molar refractivity (Wildman–Crippen MR) is 90.1 cm³/mol. The van der Waals surface area contributed by atoms with Crippen LogP contribution >= 0.6 is 0 Å². The molecule has 1 aliphatic rings. The Morgan fingerprint density at radius 2 is 1.88 bits per heavy atom. The van der Waals surface area contributed by atoms with E-state index in [0.717, 1.165) is 24.0 Å². The van der Waals surface area contributed by atoms with Crippen molar-refractivity contribution in [2.75, 3.05) is 6.61 Å². The molecular formula is C18H19N5O.